The number of nitrogens with one attached hydrogen (secondary N) is 2. The third kappa shape index (κ3) is 5.43. The molecule has 0 unspecified atom stereocenters. The number of aliphatic carboxylic acids is 1. The van der Waals surface area contributed by atoms with Gasteiger partial charge in [0.1, 0.15) is 0 Å². The third-order valence-corrected chi connectivity index (χ3v) is 3.33. The van der Waals surface area contributed by atoms with Gasteiger partial charge in [0.05, 0.1) is 16.5 Å². The van der Waals surface area contributed by atoms with Crippen molar-refractivity contribution < 1.29 is 19.5 Å². The zero-order valence-corrected chi connectivity index (χ0v) is 12.3. The number of hydrogen-bond donors (Lipinski definition) is 3. The molecule has 0 aliphatic rings. The molecule has 0 heterocycles. The number of hydrazine groups is 1. The van der Waals surface area contributed by atoms with Crippen LogP contribution in [0.4, 0.5) is 0 Å². The van der Waals surface area contributed by atoms with Crippen molar-refractivity contribution in [1.29, 1.82) is 0 Å². The van der Waals surface area contributed by atoms with E-state index < -0.39 is 23.7 Å². The number of carboxylic acid groups (broad SMARTS) is 1. The zero-order chi connectivity index (χ0) is 15.8. The topological polar surface area (TPSA) is 95.5 Å². The van der Waals surface area contributed by atoms with Gasteiger partial charge in [-0.2, -0.15) is 0 Å². The second-order valence-electron chi connectivity index (χ2n) is 4.46. The summed E-state index contributed by atoms with van der Waals surface area (Å²) in [5, 5.41) is 9.15. The SMILES string of the molecule is CC[C@@H](CCC(=O)NNC(=O)c1ccccc1Cl)C(=O)O. The van der Waals surface area contributed by atoms with Gasteiger partial charge in [-0.1, -0.05) is 30.7 Å². The van der Waals surface area contributed by atoms with Gasteiger partial charge in [-0.15, -0.1) is 0 Å². The van der Waals surface area contributed by atoms with E-state index in [1.54, 1.807) is 25.1 Å². The van der Waals surface area contributed by atoms with E-state index >= 15 is 0 Å². The summed E-state index contributed by atoms with van der Waals surface area (Å²) in [6.07, 6.45) is 0.696. The molecule has 21 heavy (non-hydrogen) atoms. The Morgan fingerprint density at radius 1 is 1.24 bits per heavy atom. The van der Waals surface area contributed by atoms with Gasteiger partial charge in [0.25, 0.3) is 5.91 Å². The smallest absolute Gasteiger partial charge is 0.306 e. The molecule has 0 radical (unpaired) electrons. The van der Waals surface area contributed by atoms with Crippen molar-refractivity contribution in [3.05, 3.63) is 34.9 Å². The lowest BCUT2D eigenvalue weighted by Crippen LogP contribution is -2.41. The summed E-state index contributed by atoms with van der Waals surface area (Å²) in [6, 6.07) is 6.44. The van der Waals surface area contributed by atoms with Crippen LogP contribution in [-0.2, 0) is 9.59 Å². The quantitative estimate of drug-likeness (QED) is 0.700. The van der Waals surface area contributed by atoms with Gasteiger partial charge in [-0.05, 0) is 25.0 Å². The number of amides is 2. The summed E-state index contributed by atoms with van der Waals surface area (Å²) in [4.78, 5) is 34.1. The molecule has 0 spiro atoms. The fourth-order valence-electron chi connectivity index (χ4n) is 1.71. The van der Waals surface area contributed by atoms with Crippen LogP contribution in [0.1, 0.15) is 36.5 Å². The molecule has 0 aromatic heterocycles. The average molecular weight is 313 g/mol. The summed E-state index contributed by atoms with van der Waals surface area (Å²) < 4.78 is 0. The van der Waals surface area contributed by atoms with E-state index in [-0.39, 0.29) is 23.4 Å². The molecule has 0 aliphatic carbocycles. The predicted octanol–water partition coefficient (Wildman–Crippen LogP) is 1.99. The largest absolute Gasteiger partial charge is 0.481 e. The Morgan fingerprint density at radius 2 is 1.90 bits per heavy atom. The maximum atomic E-state index is 11.8. The van der Waals surface area contributed by atoms with Gasteiger partial charge in [-0.3, -0.25) is 25.2 Å². The number of rotatable bonds is 6. The first-order valence-electron chi connectivity index (χ1n) is 6.52. The third-order valence-electron chi connectivity index (χ3n) is 3.00. The van der Waals surface area contributed by atoms with Crippen molar-refractivity contribution >= 4 is 29.4 Å². The van der Waals surface area contributed by atoms with Crippen LogP contribution in [0.25, 0.3) is 0 Å². The van der Waals surface area contributed by atoms with E-state index in [0.29, 0.717) is 6.42 Å². The molecule has 7 heteroatoms. The number of carbonyl (C=O) groups is 3. The molecule has 114 valence electrons. The molecule has 1 rings (SSSR count). The molecule has 0 bridgehead atoms. The molecule has 0 saturated heterocycles. The second kappa shape index (κ2) is 8.26. The van der Waals surface area contributed by atoms with E-state index in [1.807, 2.05) is 0 Å². The minimum absolute atomic E-state index is 0.0214. The summed E-state index contributed by atoms with van der Waals surface area (Å²) in [5.74, 6) is -2.46. The molecule has 1 atom stereocenters. The summed E-state index contributed by atoms with van der Waals surface area (Å²) in [6.45, 7) is 1.75. The van der Waals surface area contributed by atoms with Crippen molar-refractivity contribution in [2.45, 2.75) is 26.2 Å². The van der Waals surface area contributed by atoms with Crippen LogP contribution in [0.15, 0.2) is 24.3 Å². The Labute approximate surface area is 127 Å². The molecule has 3 N–H and O–H groups in total. The molecule has 2 amide bonds. The van der Waals surface area contributed by atoms with Crippen LogP contribution in [-0.4, -0.2) is 22.9 Å². The number of benzene rings is 1. The molecular weight excluding hydrogens is 296 g/mol. The van der Waals surface area contributed by atoms with E-state index in [1.165, 1.54) is 6.07 Å². The van der Waals surface area contributed by atoms with E-state index in [9.17, 15) is 14.4 Å². The molecule has 1 aromatic rings. The van der Waals surface area contributed by atoms with Gasteiger partial charge in [-0.25, -0.2) is 0 Å². The van der Waals surface area contributed by atoms with Gasteiger partial charge in [0, 0.05) is 6.42 Å². The second-order valence-corrected chi connectivity index (χ2v) is 4.87. The van der Waals surface area contributed by atoms with Gasteiger partial charge in [0.2, 0.25) is 5.91 Å². The van der Waals surface area contributed by atoms with Crippen LogP contribution in [0, 0.1) is 5.92 Å². The van der Waals surface area contributed by atoms with Crippen LogP contribution in [0.2, 0.25) is 5.02 Å². The predicted molar refractivity (Wildman–Crippen MR) is 77.7 cm³/mol. The zero-order valence-electron chi connectivity index (χ0n) is 11.6. The first kappa shape index (κ1) is 17.0. The lowest BCUT2D eigenvalue weighted by molar-refractivity contribution is -0.142. The Balaban J connectivity index is 2.41. The lowest BCUT2D eigenvalue weighted by atomic mass is 10.0. The van der Waals surface area contributed by atoms with Crippen molar-refractivity contribution in [3.8, 4) is 0 Å². The standard InChI is InChI=1S/C14H17ClN2O4/c1-2-9(14(20)21)7-8-12(18)16-17-13(19)10-5-3-4-6-11(10)15/h3-6,9H,2,7-8H2,1H3,(H,16,18)(H,17,19)(H,20,21)/t9-/m0/s1. The van der Waals surface area contributed by atoms with Crippen molar-refractivity contribution in [2.75, 3.05) is 0 Å². The van der Waals surface area contributed by atoms with Crippen LogP contribution < -0.4 is 10.9 Å². The minimum Gasteiger partial charge on any atom is -0.481 e. The van der Waals surface area contributed by atoms with Crippen LogP contribution >= 0.6 is 11.6 Å². The number of halogens is 1. The highest BCUT2D eigenvalue weighted by Crippen LogP contribution is 2.14. The minimum atomic E-state index is -0.926. The summed E-state index contributed by atoms with van der Waals surface area (Å²) >= 11 is 5.85. The highest BCUT2D eigenvalue weighted by atomic mass is 35.5. The Kier molecular flexibility index (Phi) is 6.68. The Morgan fingerprint density at radius 3 is 2.48 bits per heavy atom. The number of hydrogen-bond acceptors (Lipinski definition) is 3. The first-order valence-corrected chi connectivity index (χ1v) is 6.90. The highest BCUT2D eigenvalue weighted by molar-refractivity contribution is 6.33. The number of carbonyl (C=O) groups excluding carboxylic acids is 2. The lowest BCUT2D eigenvalue weighted by Gasteiger charge is -2.11. The molecule has 1 aromatic carbocycles. The van der Waals surface area contributed by atoms with Gasteiger partial charge < -0.3 is 5.11 Å². The fraction of sp³-hybridized carbons (Fsp3) is 0.357. The van der Waals surface area contributed by atoms with Gasteiger partial charge >= 0.3 is 5.97 Å². The van der Waals surface area contributed by atoms with Gasteiger partial charge in [0.15, 0.2) is 0 Å². The molecule has 0 aliphatic heterocycles. The summed E-state index contributed by atoms with van der Waals surface area (Å²) in [5.41, 5.74) is 4.72. The number of carboxylic acids is 1. The molecule has 6 nitrogen and oxygen atoms in total. The van der Waals surface area contributed by atoms with Crippen LogP contribution in [0.5, 0.6) is 0 Å². The van der Waals surface area contributed by atoms with Crippen LogP contribution in [0.3, 0.4) is 0 Å². The Bertz CT molecular complexity index is 533. The normalized spacial score (nSPS) is 11.5. The maximum Gasteiger partial charge on any atom is 0.306 e. The Hall–Kier alpha value is -2.08. The first-order chi connectivity index (χ1) is 9.95. The summed E-state index contributed by atoms with van der Waals surface area (Å²) in [7, 11) is 0. The average Bonchev–Trinajstić information content (AvgIpc) is 2.45. The van der Waals surface area contributed by atoms with E-state index in [2.05, 4.69) is 10.9 Å². The van der Waals surface area contributed by atoms with E-state index in [0.717, 1.165) is 0 Å². The fourth-order valence-corrected chi connectivity index (χ4v) is 1.93. The van der Waals surface area contributed by atoms with Crippen molar-refractivity contribution in [3.63, 3.8) is 0 Å². The monoisotopic (exact) mass is 312 g/mol. The molecule has 0 fully saturated rings. The van der Waals surface area contributed by atoms with Crippen molar-refractivity contribution in [2.24, 2.45) is 5.92 Å². The molecular formula is C14H17ClN2O4. The molecule has 0 saturated carbocycles. The van der Waals surface area contributed by atoms with Crippen molar-refractivity contribution in [1.82, 2.24) is 10.9 Å². The van der Waals surface area contributed by atoms with E-state index in [4.69, 9.17) is 16.7 Å². The maximum absolute atomic E-state index is 11.8. The highest BCUT2D eigenvalue weighted by Gasteiger charge is 2.17.